The van der Waals surface area contributed by atoms with E-state index in [0.29, 0.717) is 0 Å². The van der Waals surface area contributed by atoms with Crippen LogP contribution in [0.15, 0.2) is 0 Å². The van der Waals surface area contributed by atoms with Crippen molar-refractivity contribution in [1.82, 2.24) is 10.2 Å². The fraction of sp³-hybridized carbons (Fsp3) is 0.667. The molecule has 0 atom stereocenters. The van der Waals surface area contributed by atoms with Crippen molar-refractivity contribution in [3.63, 3.8) is 0 Å². The maximum absolute atomic E-state index is 4.33. The first-order valence-electron chi connectivity index (χ1n) is 5.66. The first-order valence-corrected chi connectivity index (χ1v) is 5.66. The van der Waals surface area contributed by atoms with E-state index in [1.54, 1.807) is 0 Å². The van der Waals surface area contributed by atoms with Crippen LogP contribution in [0.2, 0.25) is 0 Å². The highest BCUT2D eigenvalue weighted by Gasteiger charge is 2.16. The summed E-state index contributed by atoms with van der Waals surface area (Å²) in [5.41, 5.74) is 5.42. The maximum atomic E-state index is 4.33. The quantitative estimate of drug-likeness (QED) is 0.716. The molecule has 2 heteroatoms. The van der Waals surface area contributed by atoms with Gasteiger partial charge in [0.15, 0.2) is 0 Å². The highest BCUT2D eigenvalue weighted by Crippen LogP contribution is 2.25. The highest BCUT2D eigenvalue weighted by molar-refractivity contribution is 5.34. The zero-order valence-corrected chi connectivity index (χ0v) is 9.14. The molecule has 1 aliphatic rings. The number of aryl methyl sites for hydroxylation is 2. The van der Waals surface area contributed by atoms with Crippen molar-refractivity contribution in [2.24, 2.45) is 0 Å². The van der Waals surface area contributed by atoms with Gasteiger partial charge in [0.1, 0.15) is 0 Å². The molecule has 0 N–H and O–H groups in total. The third-order valence-corrected chi connectivity index (χ3v) is 3.06. The van der Waals surface area contributed by atoms with Gasteiger partial charge in [-0.2, -0.15) is 10.2 Å². The Labute approximate surface area is 85.8 Å². The smallest absolute Gasteiger partial charge is 0.0665 e. The van der Waals surface area contributed by atoms with E-state index in [9.17, 15) is 0 Å². The van der Waals surface area contributed by atoms with E-state index in [1.807, 2.05) is 0 Å². The van der Waals surface area contributed by atoms with Crippen molar-refractivity contribution >= 4 is 0 Å². The van der Waals surface area contributed by atoms with Gasteiger partial charge in [-0.15, -0.1) is 0 Å². The van der Waals surface area contributed by atoms with E-state index in [1.165, 1.54) is 48.9 Å². The van der Waals surface area contributed by atoms with Gasteiger partial charge in [0.25, 0.3) is 0 Å². The highest BCUT2D eigenvalue weighted by atomic mass is 15.1. The fourth-order valence-electron chi connectivity index (χ4n) is 2.32. The molecule has 0 bridgehead atoms. The maximum Gasteiger partial charge on any atom is 0.0665 e. The van der Waals surface area contributed by atoms with Crippen molar-refractivity contribution in [3.8, 4) is 0 Å². The normalized spacial score (nSPS) is 15.3. The van der Waals surface area contributed by atoms with E-state index in [4.69, 9.17) is 0 Å². The van der Waals surface area contributed by atoms with Crippen LogP contribution in [0.5, 0.6) is 0 Å². The summed E-state index contributed by atoms with van der Waals surface area (Å²) in [7, 11) is 0. The van der Waals surface area contributed by atoms with Crippen LogP contribution in [0.25, 0.3) is 0 Å². The van der Waals surface area contributed by atoms with Gasteiger partial charge >= 0.3 is 0 Å². The van der Waals surface area contributed by atoms with Gasteiger partial charge in [-0.25, -0.2) is 0 Å². The second-order valence-electron chi connectivity index (χ2n) is 4.15. The van der Waals surface area contributed by atoms with Gasteiger partial charge < -0.3 is 0 Å². The van der Waals surface area contributed by atoms with Crippen LogP contribution < -0.4 is 0 Å². The van der Waals surface area contributed by atoms with Gasteiger partial charge in [0, 0.05) is 0 Å². The Kier molecular flexibility index (Phi) is 2.80. The number of hydrogen-bond acceptors (Lipinski definition) is 2. The molecule has 0 aliphatic heterocycles. The standard InChI is InChI=1S/C12H18N2/c1-3-6-12-11-8-5-4-7-10(11)9(2)13-14-12/h3-8H2,1-2H3. The van der Waals surface area contributed by atoms with Crippen molar-refractivity contribution in [3.05, 3.63) is 22.5 Å². The first-order chi connectivity index (χ1) is 6.83. The summed E-state index contributed by atoms with van der Waals surface area (Å²) in [5, 5.41) is 8.59. The Morgan fingerprint density at radius 2 is 1.79 bits per heavy atom. The average molecular weight is 190 g/mol. The molecule has 76 valence electrons. The van der Waals surface area contributed by atoms with Gasteiger partial charge in [0.2, 0.25) is 0 Å². The number of nitrogens with zero attached hydrogens (tertiary/aromatic N) is 2. The molecule has 1 aromatic heterocycles. The van der Waals surface area contributed by atoms with E-state index in [-0.39, 0.29) is 0 Å². The molecule has 0 spiro atoms. The van der Waals surface area contributed by atoms with Crippen LogP contribution >= 0.6 is 0 Å². The second kappa shape index (κ2) is 4.07. The molecular weight excluding hydrogens is 172 g/mol. The molecule has 14 heavy (non-hydrogen) atoms. The summed E-state index contributed by atoms with van der Waals surface area (Å²) in [5.74, 6) is 0. The summed E-state index contributed by atoms with van der Waals surface area (Å²) in [6.07, 6.45) is 7.36. The molecule has 0 fully saturated rings. The van der Waals surface area contributed by atoms with Crippen LogP contribution in [0.4, 0.5) is 0 Å². The lowest BCUT2D eigenvalue weighted by Crippen LogP contribution is -2.12. The number of hydrogen-bond donors (Lipinski definition) is 0. The molecule has 0 radical (unpaired) electrons. The average Bonchev–Trinajstić information content (AvgIpc) is 2.23. The lowest BCUT2D eigenvalue weighted by molar-refractivity contribution is 0.649. The minimum Gasteiger partial charge on any atom is -0.155 e. The molecule has 0 saturated heterocycles. The fourth-order valence-corrected chi connectivity index (χ4v) is 2.32. The topological polar surface area (TPSA) is 25.8 Å². The van der Waals surface area contributed by atoms with Crippen LogP contribution in [0.3, 0.4) is 0 Å². The summed E-state index contributed by atoms with van der Waals surface area (Å²) in [6.45, 7) is 4.30. The lowest BCUT2D eigenvalue weighted by atomic mass is 9.89. The zero-order valence-electron chi connectivity index (χ0n) is 9.14. The van der Waals surface area contributed by atoms with Gasteiger partial charge in [0.05, 0.1) is 11.4 Å². The van der Waals surface area contributed by atoms with Gasteiger partial charge in [-0.1, -0.05) is 13.3 Å². The van der Waals surface area contributed by atoms with E-state index < -0.39 is 0 Å². The van der Waals surface area contributed by atoms with E-state index in [0.717, 1.165) is 12.1 Å². The summed E-state index contributed by atoms with van der Waals surface area (Å²) < 4.78 is 0. The van der Waals surface area contributed by atoms with Gasteiger partial charge in [-0.3, -0.25) is 0 Å². The Balaban J connectivity index is 2.42. The number of aromatic nitrogens is 2. The van der Waals surface area contributed by atoms with Crippen molar-refractivity contribution in [1.29, 1.82) is 0 Å². The third kappa shape index (κ3) is 1.66. The minimum atomic E-state index is 1.09. The molecule has 2 rings (SSSR count). The minimum absolute atomic E-state index is 1.09. The van der Waals surface area contributed by atoms with Crippen molar-refractivity contribution in [2.45, 2.75) is 52.4 Å². The van der Waals surface area contributed by atoms with Crippen LogP contribution in [-0.2, 0) is 19.3 Å². The Morgan fingerprint density at radius 3 is 2.50 bits per heavy atom. The second-order valence-corrected chi connectivity index (χ2v) is 4.15. The molecule has 1 heterocycles. The molecule has 0 unspecified atom stereocenters. The summed E-state index contributed by atoms with van der Waals surface area (Å²) >= 11 is 0. The SMILES string of the molecule is CCCc1nnc(C)c2c1CCCC2. The van der Waals surface area contributed by atoms with Crippen LogP contribution in [0, 0.1) is 6.92 Å². The molecule has 0 aromatic carbocycles. The zero-order chi connectivity index (χ0) is 9.97. The number of fused-ring (bicyclic) bond motifs is 1. The van der Waals surface area contributed by atoms with Gasteiger partial charge in [-0.05, 0) is 50.2 Å². The molecule has 0 saturated carbocycles. The summed E-state index contributed by atoms with van der Waals surface area (Å²) in [4.78, 5) is 0. The molecular formula is C12H18N2. The lowest BCUT2D eigenvalue weighted by Gasteiger charge is -2.19. The van der Waals surface area contributed by atoms with Crippen molar-refractivity contribution < 1.29 is 0 Å². The van der Waals surface area contributed by atoms with E-state index >= 15 is 0 Å². The molecule has 1 aromatic rings. The third-order valence-electron chi connectivity index (χ3n) is 3.06. The predicted molar refractivity (Wildman–Crippen MR) is 57.4 cm³/mol. The number of rotatable bonds is 2. The first kappa shape index (κ1) is 9.63. The van der Waals surface area contributed by atoms with Crippen LogP contribution in [0.1, 0.15) is 48.7 Å². The van der Waals surface area contributed by atoms with Crippen LogP contribution in [-0.4, -0.2) is 10.2 Å². The molecule has 0 amide bonds. The largest absolute Gasteiger partial charge is 0.155 e. The Morgan fingerprint density at radius 1 is 1.07 bits per heavy atom. The van der Waals surface area contributed by atoms with E-state index in [2.05, 4.69) is 24.0 Å². The Bertz CT molecular complexity index is 331. The Hall–Kier alpha value is -0.920. The summed E-state index contributed by atoms with van der Waals surface area (Å²) in [6, 6.07) is 0. The predicted octanol–water partition coefficient (Wildman–Crippen LogP) is 2.62. The molecule has 1 aliphatic carbocycles. The molecule has 2 nitrogen and oxygen atoms in total. The van der Waals surface area contributed by atoms with Crippen molar-refractivity contribution in [2.75, 3.05) is 0 Å². The monoisotopic (exact) mass is 190 g/mol.